The van der Waals surface area contributed by atoms with Gasteiger partial charge in [0.05, 0.1) is 12.0 Å². The zero-order valence-electron chi connectivity index (χ0n) is 11.2. The fourth-order valence-corrected chi connectivity index (χ4v) is 2.91. The molecule has 106 valence electrons. The van der Waals surface area contributed by atoms with Crippen molar-refractivity contribution in [2.24, 2.45) is 0 Å². The van der Waals surface area contributed by atoms with Gasteiger partial charge in [-0.2, -0.15) is 0 Å². The largest absolute Gasteiger partial charge is 0.388 e. The first-order valence-electron chi connectivity index (χ1n) is 6.99. The van der Waals surface area contributed by atoms with Crippen molar-refractivity contribution >= 4 is 17.5 Å². The van der Waals surface area contributed by atoms with Crippen molar-refractivity contribution in [1.29, 1.82) is 0 Å². The molecule has 1 heterocycles. The molecule has 0 spiro atoms. The summed E-state index contributed by atoms with van der Waals surface area (Å²) in [4.78, 5) is 23.4. The van der Waals surface area contributed by atoms with Gasteiger partial charge in [-0.3, -0.25) is 9.59 Å². The Balaban J connectivity index is 1.66. The van der Waals surface area contributed by atoms with Crippen LogP contribution in [0.5, 0.6) is 0 Å². The third-order valence-electron chi connectivity index (χ3n) is 4.11. The average molecular weight is 274 g/mol. The van der Waals surface area contributed by atoms with Gasteiger partial charge in [0.2, 0.25) is 5.91 Å². The van der Waals surface area contributed by atoms with Gasteiger partial charge >= 0.3 is 0 Å². The van der Waals surface area contributed by atoms with Crippen LogP contribution in [0.2, 0.25) is 0 Å². The highest BCUT2D eigenvalue weighted by atomic mass is 16.3. The third-order valence-corrected chi connectivity index (χ3v) is 4.11. The second kappa shape index (κ2) is 4.90. The van der Waals surface area contributed by atoms with E-state index in [1.54, 1.807) is 18.2 Å². The van der Waals surface area contributed by atoms with Gasteiger partial charge in [0.25, 0.3) is 5.91 Å². The molecule has 1 aliphatic carbocycles. The molecule has 20 heavy (non-hydrogen) atoms. The topological polar surface area (TPSA) is 78.4 Å². The molecular formula is C15H18N2O3. The predicted octanol–water partition coefficient (Wildman–Crippen LogP) is 1.22. The lowest BCUT2D eigenvalue weighted by atomic mass is 10.0. The Morgan fingerprint density at radius 2 is 2.10 bits per heavy atom. The molecule has 0 bridgehead atoms. The van der Waals surface area contributed by atoms with E-state index in [0.717, 1.165) is 31.2 Å². The van der Waals surface area contributed by atoms with Crippen molar-refractivity contribution < 1.29 is 14.7 Å². The Bertz CT molecular complexity index is 562. The summed E-state index contributed by atoms with van der Waals surface area (Å²) < 4.78 is 0. The molecule has 3 rings (SSSR count). The normalized spacial score (nSPS) is 19.6. The summed E-state index contributed by atoms with van der Waals surface area (Å²) in [5.74, 6) is -0.257. The summed E-state index contributed by atoms with van der Waals surface area (Å²) >= 11 is 0. The van der Waals surface area contributed by atoms with Gasteiger partial charge in [0.1, 0.15) is 0 Å². The highest BCUT2D eigenvalue weighted by molar-refractivity contribution is 6.02. The minimum Gasteiger partial charge on any atom is -0.388 e. The van der Waals surface area contributed by atoms with Gasteiger partial charge in [0.15, 0.2) is 0 Å². The Morgan fingerprint density at radius 3 is 2.85 bits per heavy atom. The lowest BCUT2D eigenvalue weighted by Crippen LogP contribution is -2.40. The van der Waals surface area contributed by atoms with E-state index in [4.69, 9.17) is 0 Å². The maximum Gasteiger partial charge on any atom is 0.251 e. The second-order valence-electron chi connectivity index (χ2n) is 5.71. The molecular weight excluding hydrogens is 256 g/mol. The number of nitrogens with one attached hydrogen (secondary N) is 2. The van der Waals surface area contributed by atoms with Gasteiger partial charge in [-0.25, -0.2) is 0 Å². The number of rotatable bonds is 3. The molecule has 1 aromatic rings. The van der Waals surface area contributed by atoms with Gasteiger partial charge in [-0.1, -0.05) is 18.9 Å². The quantitative estimate of drug-likeness (QED) is 0.775. The molecule has 1 aromatic carbocycles. The van der Waals surface area contributed by atoms with E-state index in [9.17, 15) is 14.7 Å². The molecule has 2 amide bonds. The summed E-state index contributed by atoms with van der Waals surface area (Å²) in [5.41, 5.74) is 1.39. The van der Waals surface area contributed by atoms with Crippen molar-refractivity contribution in [2.45, 2.75) is 37.7 Å². The lowest BCUT2D eigenvalue weighted by Gasteiger charge is -2.22. The van der Waals surface area contributed by atoms with E-state index in [-0.39, 0.29) is 18.4 Å². The van der Waals surface area contributed by atoms with E-state index in [2.05, 4.69) is 10.6 Å². The Kier molecular flexibility index (Phi) is 3.22. The molecule has 0 saturated heterocycles. The van der Waals surface area contributed by atoms with Crippen molar-refractivity contribution in [3.8, 4) is 0 Å². The first kappa shape index (κ1) is 13.1. The summed E-state index contributed by atoms with van der Waals surface area (Å²) in [6.45, 7) is 0.287. The van der Waals surface area contributed by atoms with Crippen molar-refractivity contribution in [1.82, 2.24) is 5.32 Å². The van der Waals surface area contributed by atoms with E-state index in [1.807, 2.05) is 0 Å². The lowest BCUT2D eigenvalue weighted by molar-refractivity contribution is -0.115. The fourth-order valence-electron chi connectivity index (χ4n) is 2.91. The molecule has 1 fully saturated rings. The van der Waals surface area contributed by atoms with Crippen LogP contribution in [0.25, 0.3) is 0 Å². The zero-order valence-corrected chi connectivity index (χ0v) is 11.2. The minimum atomic E-state index is -0.749. The molecule has 0 atom stereocenters. The number of hydrogen-bond acceptors (Lipinski definition) is 3. The summed E-state index contributed by atoms with van der Waals surface area (Å²) in [7, 11) is 0. The molecule has 5 heteroatoms. The standard InChI is InChI=1S/C15H18N2O3/c18-13-8-10-3-4-11(7-12(10)17-13)14(19)16-9-15(20)5-1-2-6-15/h3-4,7,20H,1-2,5-6,8-9H2,(H,16,19)(H,17,18). The Labute approximate surface area is 117 Å². The van der Waals surface area contributed by atoms with Crippen LogP contribution in [0, 0.1) is 0 Å². The first-order chi connectivity index (χ1) is 9.56. The van der Waals surface area contributed by atoms with Gasteiger partial charge < -0.3 is 15.7 Å². The van der Waals surface area contributed by atoms with E-state index in [0.29, 0.717) is 17.7 Å². The van der Waals surface area contributed by atoms with Crippen LogP contribution in [0.3, 0.4) is 0 Å². The van der Waals surface area contributed by atoms with E-state index in [1.165, 1.54) is 0 Å². The summed E-state index contributed by atoms with van der Waals surface area (Å²) in [6, 6.07) is 5.20. The number of carbonyl (C=O) groups is 2. The van der Waals surface area contributed by atoms with Crippen LogP contribution >= 0.6 is 0 Å². The monoisotopic (exact) mass is 274 g/mol. The third kappa shape index (κ3) is 2.54. The Morgan fingerprint density at radius 1 is 1.35 bits per heavy atom. The molecule has 1 saturated carbocycles. The van der Waals surface area contributed by atoms with Crippen LogP contribution in [0.15, 0.2) is 18.2 Å². The van der Waals surface area contributed by atoms with Crippen LogP contribution < -0.4 is 10.6 Å². The highest BCUT2D eigenvalue weighted by Crippen LogP contribution is 2.29. The van der Waals surface area contributed by atoms with E-state index < -0.39 is 5.60 Å². The van der Waals surface area contributed by atoms with Crippen molar-refractivity contribution in [3.63, 3.8) is 0 Å². The SMILES string of the molecule is O=C1Cc2ccc(C(=O)NCC3(O)CCCC3)cc2N1. The molecule has 2 aliphatic rings. The van der Waals surface area contributed by atoms with Crippen LogP contribution in [-0.2, 0) is 11.2 Å². The number of aliphatic hydroxyl groups is 1. The van der Waals surface area contributed by atoms with Crippen molar-refractivity contribution in [2.75, 3.05) is 11.9 Å². The van der Waals surface area contributed by atoms with Crippen molar-refractivity contribution in [3.05, 3.63) is 29.3 Å². The number of carbonyl (C=O) groups excluding carboxylic acids is 2. The predicted molar refractivity (Wildman–Crippen MR) is 74.5 cm³/mol. The smallest absolute Gasteiger partial charge is 0.251 e. The molecule has 1 aliphatic heterocycles. The van der Waals surface area contributed by atoms with Crippen LogP contribution in [0.4, 0.5) is 5.69 Å². The number of fused-ring (bicyclic) bond motifs is 1. The summed E-state index contributed by atoms with van der Waals surface area (Å²) in [5, 5.41) is 15.7. The second-order valence-corrected chi connectivity index (χ2v) is 5.71. The average Bonchev–Trinajstić information content (AvgIpc) is 3.00. The highest BCUT2D eigenvalue weighted by Gasteiger charge is 2.31. The van der Waals surface area contributed by atoms with Gasteiger partial charge in [0, 0.05) is 17.8 Å². The van der Waals surface area contributed by atoms with Crippen LogP contribution in [0.1, 0.15) is 41.6 Å². The minimum absolute atomic E-state index is 0.0437. The molecule has 0 radical (unpaired) electrons. The molecule has 0 unspecified atom stereocenters. The number of amides is 2. The Hall–Kier alpha value is -1.88. The number of hydrogen-bond donors (Lipinski definition) is 3. The first-order valence-corrected chi connectivity index (χ1v) is 6.99. The fraction of sp³-hybridized carbons (Fsp3) is 0.467. The maximum atomic E-state index is 12.1. The van der Waals surface area contributed by atoms with Gasteiger partial charge in [-0.15, -0.1) is 0 Å². The number of anilines is 1. The summed E-state index contributed by atoms with van der Waals surface area (Å²) in [6.07, 6.45) is 3.88. The molecule has 0 aromatic heterocycles. The molecule has 3 N–H and O–H groups in total. The van der Waals surface area contributed by atoms with Gasteiger partial charge in [-0.05, 0) is 30.5 Å². The zero-order chi connectivity index (χ0) is 14.2. The maximum absolute atomic E-state index is 12.1. The van der Waals surface area contributed by atoms with E-state index >= 15 is 0 Å². The van der Waals surface area contributed by atoms with Crippen LogP contribution in [-0.4, -0.2) is 29.1 Å². The number of benzene rings is 1. The molecule has 5 nitrogen and oxygen atoms in total.